The van der Waals surface area contributed by atoms with Crippen molar-refractivity contribution in [2.24, 2.45) is 0 Å². The fourth-order valence-corrected chi connectivity index (χ4v) is 4.36. The Morgan fingerprint density at radius 3 is 2.20 bits per heavy atom. The van der Waals surface area contributed by atoms with Crippen LogP contribution < -0.4 is 5.32 Å². The number of allylic oxidation sites excluding steroid dienone is 2. The van der Waals surface area contributed by atoms with Crippen LogP contribution in [0.4, 0.5) is 9.59 Å². The standard InChI is InChI=1S/C22H36N4O4/c1-6-7-8-9-10-11-12-13-14-15-17(27)16-18(28)26-20(30)25(5)22(3)21(26,2)23-19(29)24(22)4/h14-15H,6-13,16H2,1-5H3,(H,23,29)/b15-14+/t21-,22+/m0/s1. The Balaban J connectivity index is 1.87. The summed E-state index contributed by atoms with van der Waals surface area (Å²) in [6.45, 7) is 5.56. The van der Waals surface area contributed by atoms with Gasteiger partial charge in [0.05, 0.1) is 6.42 Å². The first-order valence-corrected chi connectivity index (χ1v) is 11.0. The van der Waals surface area contributed by atoms with Gasteiger partial charge in [-0.1, -0.05) is 51.5 Å². The molecule has 0 spiro atoms. The van der Waals surface area contributed by atoms with E-state index in [1.807, 2.05) is 0 Å². The highest BCUT2D eigenvalue weighted by atomic mass is 16.2. The van der Waals surface area contributed by atoms with Gasteiger partial charge in [-0.25, -0.2) is 14.5 Å². The molecule has 2 atom stereocenters. The Morgan fingerprint density at radius 2 is 1.57 bits per heavy atom. The molecule has 2 aliphatic rings. The van der Waals surface area contributed by atoms with Gasteiger partial charge in [-0.2, -0.15) is 0 Å². The molecule has 0 aliphatic carbocycles. The van der Waals surface area contributed by atoms with Gasteiger partial charge < -0.3 is 15.1 Å². The first-order chi connectivity index (χ1) is 14.1. The summed E-state index contributed by atoms with van der Waals surface area (Å²) in [5.74, 6) is -0.951. The maximum atomic E-state index is 12.8. The van der Waals surface area contributed by atoms with Crippen LogP contribution in [0.15, 0.2) is 12.2 Å². The number of carbonyl (C=O) groups is 4. The van der Waals surface area contributed by atoms with E-state index in [1.54, 1.807) is 34.0 Å². The smallest absolute Gasteiger partial charge is 0.311 e. The molecule has 2 heterocycles. The van der Waals surface area contributed by atoms with Gasteiger partial charge in [-0.3, -0.25) is 9.59 Å². The van der Waals surface area contributed by atoms with Crippen molar-refractivity contribution in [1.82, 2.24) is 20.0 Å². The van der Waals surface area contributed by atoms with Crippen molar-refractivity contribution in [2.75, 3.05) is 14.1 Å². The maximum absolute atomic E-state index is 12.8. The third-order valence-electron chi connectivity index (χ3n) is 6.66. The monoisotopic (exact) mass is 420 g/mol. The lowest BCUT2D eigenvalue weighted by Crippen LogP contribution is -2.64. The van der Waals surface area contributed by atoms with Crippen LogP contribution in [0.5, 0.6) is 0 Å². The lowest BCUT2D eigenvalue weighted by Gasteiger charge is -2.40. The molecule has 0 bridgehead atoms. The van der Waals surface area contributed by atoms with E-state index in [1.165, 1.54) is 48.0 Å². The Labute approximate surface area is 179 Å². The molecule has 168 valence electrons. The van der Waals surface area contributed by atoms with Crippen LogP contribution in [-0.2, 0) is 9.59 Å². The average Bonchev–Trinajstić information content (AvgIpc) is 2.95. The van der Waals surface area contributed by atoms with Crippen molar-refractivity contribution in [3.05, 3.63) is 12.2 Å². The number of unbranched alkanes of at least 4 members (excludes halogenated alkanes) is 7. The van der Waals surface area contributed by atoms with Crippen LogP contribution in [0.2, 0.25) is 0 Å². The SMILES string of the molecule is CCCCCCCCC/C=C/C(=O)CC(=O)N1C(=O)N(C)[C@@]2(C)N(C)C(=O)N[C@@]12C. The minimum Gasteiger partial charge on any atom is -0.311 e. The Bertz CT molecular complexity index is 722. The van der Waals surface area contributed by atoms with Crippen LogP contribution in [-0.4, -0.2) is 63.9 Å². The molecule has 8 nitrogen and oxygen atoms in total. The number of hydrogen-bond acceptors (Lipinski definition) is 4. The lowest BCUT2D eigenvalue weighted by atomic mass is 9.96. The molecule has 2 rings (SSSR count). The number of urea groups is 2. The van der Waals surface area contributed by atoms with Crippen molar-refractivity contribution in [1.29, 1.82) is 0 Å². The van der Waals surface area contributed by atoms with Gasteiger partial charge in [0.15, 0.2) is 17.1 Å². The second-order valence-corrected chi connectivity index (χ2v) is 8.61. The van der Waals surface area contributed by atoms with Crippen molar-refractivity contribution in [3.63, 3.8) is 0 Å². The van der Waals surface area contributed by atoms with Crippen LogP contribution in [0.1, 0.15) is 78.6 Å². The molecule has 2 aliphatic heterocycles. The van der Waals surface area contributed by atoms with Crippen LogP contribution in [0.3, 0.4) is 0 Å². The van der Waals surface area contributed by atoms with Gasteiger partial charge in [0, 0.05) is 14.1 Å². The van der Waals surface area contributed by atoms with Crippen LogP contribution >= 0.6 is 0 Å². The number of nitrogens with zero attached hydrogens (tertiary/aromatic N) is 3. The topological polar surface area (TPSA) is 90.0 Å². The van der Waals surface area contributed by atoms with Crippen molar-refractivity contribution in [3.8, 4) is 0 Å². The number of rotatable bonds is 11. The summed E-state index contributed by atoms with van der Waals surface area (Å²) in [6, 6.07) is -0.908. The van der Waals surface area contributed by atoms with Crippen LogP contribution in [0.25, 0.3) is 0 Å². The summed E-state index contributed by atoms with van der Waals surface area (Å²) in [5, 5.41) is 2.73. The number of amides is 5. The summed E-state index contributed by atoms with van der Waals surface area (Å²) in [4.78, 5) is 53.8. The molecule has 30 heavy (non-hydrogen) atoms. The third kappa shape index (κ3) is 4.23. The van der Waals surface area contributed by atoms with E-state index < -0.39 is 29.7 Å². The number of likely N-dealkylation sites (N-methyl/N-ethyl adjacent to an activating group) is 2. The number of hydrogen-bond donors (Lipinski definition) is 1. The van der Waals surface area contributed by atoms with E-state index in [-0.39, 0.29) is 11.8 Å². The largest absolute Gasteiger partial charge is 0.330 e. The summed E-state index contributed by atoms with van der Waals surface area (Å²) in [6.07, 6.45) is 12.1. The highest BCUT2D eigenvalue weighted by Gasteiger charge is 2.70. The van der Waals surface area contributed by atoms with Gasteiger partial charge in [-0.15, -0.1) is 0 Å². The fourth-order valence-electron chi connectivity index (χ4n) is 4.36. The molecular weight excluding hydrogens is 384 g/mol. The number of carbonyl (C=O) groups excluding carboxylic acids is 4. The van der Waals surface area contributed by atoms with Crippen LogP contribution in [0, 0.1) is 0 Å². The average molecular weight is 421 g/mol. The van der Waals surface area contributed by atoms with Gasteiger partial charge >= 0.3 is 12.1 Å². The molecule has 0 saturated carbocycles. The maximum Gasteiger partial charge on any atom is 0.330 e. The van der Waals surface area contributed by atoms with Gasteiger partial charge in [0.25, 0.3) is 0 Å². The Hall–Kier alpha value is -2.38. The third-order valence-corrected chi connectivity index (χ3v) is 6.66. The summed E-state index contributed by atoms with van der Waals surface area (Å²) < 4.78 is 0. The van der Waals surface area contributed by atoms with E-state index in [0.717, 1.165) is 24.2 Å². The first kappa shape index (κ1) is 23.9. The molecular formula is C22H36N4O4. The number of imide groups is 1. The minimum absolute atomic E-state index is 0.340. The predicted molar refractivity (Wildman–Crippen MR) is 114 cm³/mol. The Kier molecular flexibility index (Phi) is 7.66. The second-order valence-electron chi connectivity index (χ2n) is 8.61. The zero-order chi connectivity index (χ0) is 22.5. The quantitative estimate of drug-likeness (QED) is 0.314. The summed E-state index contributed by atoms with van der Waals surface area (Å²) in [7, 11) is 3.13. The van der Waals surface area contributed by atoms with Gasteiger partial charge in [-0.05, 0) is 32.8 Å². The fraction of sp³-hybridized carbons (Fsp3) is 0.727. The van der Waals surface area contributed by atoms with Crippen molar-refractivity contribution >= 4 is 23.8 Å². The molecule has 8 heteroatoms. The van der Waals surface area contributed by atoms with E-state index in [2.05, 4.69) is 12.2 Å². The number of ketones is 1. The normalized spacial score (nSPS) is 26.0. The molecule has 0 radical (unpaired) electrons. The number of nitrogens with one attached hydrogen (secondary N) is 1. The summed E-state index contributed by atoms with van der Waals surface area (Å²) in [5.41, 5.74) is -2.28. The number of fused-ring (bicyclic) bond motifs is 1. The van der Waals surface area contributed by atoms with Gasteiger partial charge in [0.2, 0.25) is 5.91 Å². The van der Waals surface area contributed by atoms with E-state index in [0.29, 0.717) is 0 Å². The molecule has 1 N–H and O–H groups in total. The second kappa shape index (κ2) is 9.62. The predicted octanol–water partition coefficient (Wildman–Crippen LogP) is 3.62. The van der Waals surface area contributed by atoms with E-state index in [9.17, 15) is 19.2 Å². The molecule has 0 aromatic rings. The lowest BCUT2D eigenvalue weighted by molar-refractivity contribution is -0.136. The zero-order valence-electron chi connectivity index (χ0n) is 19.0. The minimum atomic E-state index is -1.25. The molecule has 0 unspecified atom stereocenters. The zero-order valence-corrected chi connectivity index (χ0v) is 19.0. The molecule has 0 aromatic heterocycles. The molecule has 0 aromatic carbocycles. The molecule has 5 amide bonds. The van der Waals surface area contributed by atoms with Crippen molar-refractivity contribution < 1.29 is 19.2 Å². The first-order valence-electron chi connectivity index (χ1n) is 11.0. The highest BCUT2D eigenvalue weighted by molar-refractivity contribution is 6.09. The van der Waals surface area contributed by atoms with Crippen molar-refractivity contribution in [2.45, 2.75) is 89.9 Å². The molecule has 2 fully saturated rings. The van der Waals surface area contributed by atoms with Gasteiger partial charge in [0.1, 0.15) is 0 Å². The summed E-state index contributed by atoms with van der Waals surface area (Å²) >= 11 is 0. The van der Waals surface area contributed by atoms with E-state index in [4.69, 9.17) is 0 Å². The Morgan fingerprint density at radius 1 is 0.967 bits per heavy atom. The van der Waals surface area contributed by atoms with E-state index >= 15 is 0 Å². The highest BCUT2D eigenvalue weighted by Crippen LogP contribution is 2.44. The molecule has 2 saturated heterocycles.